The fraction of sp³-hybridized carbons (Fsp3) is 0.462. The minimum atomic E-state index is -0.0743. The summed E-state index contributed by atoms with van der Waals surface area (Å²) in [5.41, 5.74) is 3.93. The van der Waals surface area contributed by atoms with Gasteiger partial charge in [-0.15, -0.1) is 0 Å². The van der Waals surface area contributed by atoms with Crippen LogP contribution in [0.4, 0.5) is 0 Å². The molecule has 1 fully saturated rings. The van der Waals surface area contributed by atoms with Crippen molar-refractivity contribution in [2.24, 2.45) is 5.92 Å². The molecule has 6 nitrogen and oxygen atoms in total. The molecule has 1 aliphatic heterocycles. The van der Waals surface area contributed by atoms with Crippen molar-refractivity contribution in [3.05, 3.63) is 59.3 Å². The second-order valence-corrected chi connectivity index (χ2v) is 9.32. The molecular formula is C26H34N4O2. The van der Waals surface area contributed by atoms with Crippen LogP contribution in [0, 0.1) is 12.8 Å². The molecule has 0 unspecified atom stereocenters. The van der Waals surface area contributed by atoms with Gasteiger partial charge in [-0.25, -0.2) is 0 Å². The number of carbonyl (C=O) groups excluding carboxylic acids is 1. The summed E-state index contributed by atoms with van der Waals surface area (Å²) < 4.78 is 1.94. The average Bonchev–Trinajstić information content (AvgIpc) is 3.17. The number of nitrogens with zero attached hydrogens (tertiary/aromatic N) is 3. The lowest BCUT2D eigenvalue weighted by Crippen LogP contribution is -2.39. The molecule has 1 amide bonds. The number of aromatic hydroxyl groups is 1. The van der Waals surface area contributed by atoms with Crippen molar-refractivity contribution in [2.75, 3.05) is 26.2 Å². The zero-order valence-corrected chi connectivity index (χ0v) is 19.3. The summed E-state index contributed by atoms with van der Waals surface area (Å²) in [5.74, 6) is 0.745. The van der Waals surface area contributed by atoms with Crippen LogP contribution < -0.4 is 5.32 Å². The minimum Gasteiger partial charge on any atom is -0.508 e. The molecule has 2 heterocycles. The molecule has 6 heteroatoms. The van der Waals surface area contributed by atoms with Gasteiger partial charge in [-0.05, 0) is 88.9 Å². The number of amides is 1. The van der Waals surface area contributed by atoms with E-state index in [0.29, 0.717) is 23.9 Å². The van der Waals surface area contributed by atoms with E-state index < -0.39 is 0 Å². The number of rotatable bonds is 7. The van der Waals surface area contributed by atoms with Crippen molar-refractivity contribution in [3.63, 3.8) is 0 Å². The van der Waals surface area contributed by atoms with Gasteiger partial charge in [0.15, 0.2) is 5.69 Å². The lowest BCUT2D eigenvalue weighted by atomic mass is 9.96. The molecule has 0 radical (unpaired) electrons. The largest absolute Gasteiger partial charge is 0.508 e. The number of phenolic OH excluding ortho intramolecular Hbond substituents is 1. The zero-order chi connectivity index (χ0) is 22.7. The fourth-order valence-electron chi connectivity index (χ4n) is 4.50. The van der Waals surface area contributed by atoms with Gasteiger partial charge >= 0.3 is 0 Å². The third-order valence-corrected chi connectivity index (χ3v) is 6.48. The lowest BCUT2D eigenvalue weighted by molar-refractivity contribution is 0.0932. The van der Waals surface area contributed by atoms with E-state index in [1.165, 1.54) is 5.56 Å². The number of nitrogens with one attached hydrogen (secondary N) is 1. The number of benzene rings is 2. The molecule has 1 aliphatic rings. The minimum absolute atomic E-state index is 0.0743. The second-order valence-electron chi connectivity index (χ2n) is 9.32. The number of fused-ring (bicyclic) bond motifs is 1. The molecule has 170 valence electrons. The number of phenols is 1. The highest BCUT2D eigenvalue weighted by Crippen LogP contribution is 2.24. The van der Waals surface area contributed by atoms with Crippen molar-refractivity contribution in [1.82, 2.24) is 20.0 Å². The van der Waals surface area contributed by atoms with Gasteiger partial charge in [0.2, 0.25) is 0 Å². The van der Waals surface area contributed by atoms with Crippen molar-refractivity contribution in [2.45, 2.75) is 46.1 Å². The van der Waals surface area contributed by atoms with Crippen molar-refractivity contribution >= 4 is 16.8 Å². The topological polar surface area (TPSA) is 70.4 Å². The molecule has 1 saturated heterocycles. The number of carbonyl (C=O) groups is 1. The summed E-state index contributed by atoms with van der Waals surface area (Å²) >= 11 is 0. The van der Waals surface area contributed by atoms with E-state index in [2.05, 4.69) is 47.4 Å². The Bertz CT molecular complexity index is 1060. The average molecular weight is 435 g/mol. The summed E-state index contributed by atoms with van der Waals surface area (Å²) in [6, 6.07) is 13.9. The van der Waals surface area contributed by atoms with Crippen LogP contribution in [-0.2, 0) is 6.42 Å². The molecule has 2 N–H and O–H groups in total. The van der Waals surface area contributed by atoms with Gasteiger partial charge < -0.3 is 15.3 Å². The first-order chi connectivity index (χ1) is 15.4. The van der Waals surface area contributed by atoms with Crippen molar-refractivity contribution in [1.29, 1.82) is 0 Å². The van der Waals surface area contributed by atoms with E-state index in [0.717, 1.165) is 55.4 Å². The summed E-state index contributed by atoms with van der Waals surface area (Å²) in [5, 5.41) is 18.1. The van der Waals surface area contributed by atoms with E-state index in [-0.39, 0.29) is 11.9 Å². The SMILES string of the molecule is Cc1ccc2c(c1)c(C(=O)NCC1CCN(CCc3ccc(O)cc3)CC1)nn2C(C)C. The first kappa shape index (κ1) is 22.3. The Hall–Kier alpha value is -2.86. The maximum atomic E-state index is 13.0. The van der Waals surface area contributed by atoms with E-state index >= 15 is 0 Å². The first-order valence-electron chi connectivity index (χ1n) is 11.7. The van der Waals surface area contributed by atoms with Gasteiger partial charge in [0.25, 0.3) is 5.91 Å². The Kier molecular flexibility index (Phi) is 6.80. The Morgan fingerprint density at radius 1 is 1.16 bits per heavy atom. The molecule has 0 spiro atoms. The van der Waals surface area contributed by atoms with Gasteiger partial charge in [-0.2, -0.15) is 5.10 Å². The molecule has 4 rings (SSSR count). The molecule has 1 aromatic heterocycles. The predicted octanol–water partition coefficient (Wildman–Crippen LogP) is 4.32. The number of piperidine rings is 1. The number of likely N-dealkylation sites (tertiary alicyclic amines) is 1. The summed E-state index contributed by atoms with van der Waals surface area (Å²) in [6.45, 7) is 10.1. The van der Waals surface area contributed by atoms with Crippen LogP contribution in [-0.4, -0.2) is 51.9 Å². The quantitative estimate of drug-likeness (QED) is 0.581. The third kappa shape index (κ3) is 5.13. The Labute approximate surface area is 190 Å². The lowest BCUT2D eigenvalue weighted by Gasteiger charge is -2.32. The molecule has 3 aromatic rings. The van der Waals surface area contributed by atoms with Gasteiger partial charge in [-0.1, -0.05) is 23.8 Å². The number of hydrogen-bond acceptors (Lipinski definition) is 4. The maximum Gasteiger partial charge on any atom is 0.272 e. The first-order valence-corrected chi connectivity index (χ1v) is 11.7. The Morgan fingerprint density at radius 2 is 1.88 bits per heavy atom. The highest BCUT2D eigenvalue weighted by atomic mass is 16.3. The summed E-state index contributed by atoms with van der Waals surface area (Å²) in [6.07, 6.45) is 3.18. The van der Waals surface area contributed by atoms with Crippen LogP contribution >= 0.6 is 0 Å². The molecular weight excluding hydrogens is 400 g/mol. The Morgan fingerprint density at radius 3 is 2.56 bits per heavy atom. The predicted molar refractivity (Wildman–Crippen MR) is 128 cm³/mol. The van der Waals surface area contributed by atoms with Crippen LogP contribution in [0.1, 0.15) is 54.3 Å². The van der Waals surface area contributed by atoms with Crippen LogP contribution in [0.2, 0.25) is 0 Å². The van der Waals surface area contributed by atoms with E-state index in [4.69, 9.17) is 0 Å². The smallest absolute Gasteiger partial charge is 0.272 e. The van der Waals surface area contributed by atoms with Crippen LogP contribution in [0.25, 0.3) is 10.9 Å². The van der Waals surface area contributed by atoms with Crippen molar-refractivity contribution < 1.29 is 9.90 Å². The zero-order valence-electron chi connectivity index (χ0n) is 19.3. The van der Waals surface area contributed by atoms with Gasteiger partial charge in [0, 0.05) is 24.5 Å². The van der Waals surface area contributed by atoms with Crippen LogP contribution in [0.3, 0.4) is 0 Å². The third-order valence-electron chi connectivity index (χ3n) is 6.48. The second kappa shape index (κ2) is 9.74. The van der Waals surface area contributed by atoms with E-state index in [9.17, 15) is 9.90 Å². The molecule has 2 aromatic carbocycles. The number of aryl methyl sites for hydroxylation is 1. The van der Waals surface area contributed by atoms with Crippen molar-refractivity contribution in [3.8, 4) is 5.75 Å². The summed E-state index contributed by atoms with van der Waals surface area (Å²) in [7, 11) is 0. The van der Waals surface area contributed by atoms with Gasteiger partial charge in [0.1, 0.15) is 5.75 Å². The van der Waals surface area contributed by atoms with E-state index in [1.807, 2.05) is 23.7 Å². The Balaban J connectivity index is 1.29. The normalized spacial score (nSPS) is 15.5. The van der Waals surface area contributed by atoms with Crippen LogP contribution in [0.5, 0.6) is 5.75 Å². The molecule has 0 saturated carbocycles. The molecule has 0 aliphatic carbocycles. The monoisotopic (exact) mass is 434 g/mol. The highest BCUT2D eigenvalue weighted by molar-refractivity contribution is 6.05. The molecule has 32 heavy (non-hydrogen) atoms. The molecule has 0 bridgehead atoms. The highest BCUT2D eigenvalue weighted by Gasteiger charge is 2.22. The fourth-order valence-corrected chi connectivity index (χ4v) is 4.50. The van der Waals surface area contributed by atoms with Crippen LogP contribution in [0.15, 0.2) is 42.5 Å². The van der Waals surface area contributed by atoms with Gasteiger partial charge in [-0.3, -0.25) is 9.48 Å². The van der Waals surface area contributed by atoms with E-state index in [1.54, 1.807) is 12.1 Å². The molecule has 0 atom stereocenters. The maximum absolute atomic E-state index is 13.0. The van der Waals surface area contributed by atoms with Gasteiger partial charge in [0.05, 0.1) is 5.52 Å². The number of aromatic nitrogens is 2. The standard InChI is InChI=1S/C26H34N4O2/c1-18(2)30-24-9-4-19(3)16-23(24)25(28-30)26(32)27-17-21-11-14-29(15-12-21)13-10-20-5-7-22(31)8-6-20/h4-9,16,18,21,31H,10-15,17H2,1-3H3,(H,27,32). The summed E-state index contributed by atoms with van der Waals surface area (Å²) in [4.78, 5) is 15.5. The number of hydrogen-bond donors (Lipinski definition) is 2.